The van der Waals surface area contributed by atoms with Gasteiger partial charge in [0.15, 0.2) is 0 Å². The van der Waals surface area contributed by atoms with Crippen LogP contribution in [0.15, 0.2) is 38.4 Å². The molecule has 8 heteroatoms. The lowest BCUT2D eigenvalue weighted by Crippen LogP contribution is -2.22. The molecule has 0 radical (unpaired) electrons. The van der Waals surface area contributed by atoms with Crippen LogP contribution in [0.25, 0.3) is 22.2 Å². The number of aryl methyl sites for hydroxylation is 1. The number of nitrogens with one attached hydrogen (secondary N) is 1. The highest BCUT2D eigenvalue weighted by Gasteiger charge is 2.18. The number of phenolic OH excluding ortho intramolecular Hbond substituents is 1. The van der Waals surface area contributed by atoms with Crippen molar-refractivity contribution in [3.63, 3.8) is 0 Å². The average molecular weight is 330 g/mol. The molecule has 3 rings (SSSR count). The third-order valence-electron chi connectivity index (χ3n) is 3.61. The van der Waals surface area contributed by atoms with Crippen molar-refractivity contribution in [3.8, 4) is 17.0 Å². The van der Waals surface area contributed by atoms with E-state index in [9.17, 15) is 14.7 Å². The Morgan fingerprint density at radius 2 is 2.21 bits per heavy atom. The number of aromatic hydroxyl groups is 1. The minimum atomic E-state index is -1.03. The number of nitrogens with zero attached hydrogens (tertiary/aromatic N) is 1. The molecule has 0 amide bonds. The largest absolute Gasteiger partial charge is 0.507 e. The zero-order valence-corrected chi connectivity index (χ0v) is 12.7. The summed E-state index contributed by atoms with van der Waals surface area (Å²) >= 11 is 0. The van der Waals surface area contributed by atoms with Crippen molar-refractivity contribution in [1.29, 1.82) is 0 Å². The molecular weight excluding hydrogens is 316 g/mol. The molecule has 0 unspecified atom stereocenters. The van der Waals surface area contributed by atoms with Gasteiger partial charge in [-0.15, -0.1) is 0 Å². The fraction of sp³-hybridized carbons (Fsp3) is 0.188. The molecule has 3 N–H and O–H groups in total. The number of carbonyl (C=O) groups is 1. The highest BCUT2D eigenvalue weighted by molar-refractivity contribution is 5.86. The summed E-state index contributed by atoms with van der Waals surface area (Å²) in [4.78, 5) is 23.3. The standard InChI is InChI=1S/C16H14N2O6/c1-8-4-9-15(22)11(12-2-3-24-18-12)7-23-16(9)10(14(8)21)5-17-6-13(19)20/h2-4,7,17,21H,5-6H2,1H3,(H,19,20). The minimum absolute atomic E-state index is 0.0438. The summed E-state index contributed by atoms with van der Waals surface area (Å²) in [7, 11) is 0. The summed E-state index contributed by atoms with van der Waals surface area (Å²) in [5.74, 6) is -1.07. The van der Waals surface area contributed by atoms with E-state index in [1.54, 1.807) is 13.0 Å². The molecule has 24 heavy (non-hydrogen) atoms. The third kappa shape index (κ3) is 2.74. The SMILES string of the molecule is Cc1cc2c(=O)c(-c3ccon3)coc2c(CNCC(=O)O)c1O. The van der Waals surface area contributed by atoms with Gasteiger partial charge < -0.3 is 24.5 Å². The summed E-state index contributed by atoms with van der Waals surface area (Å²) in [5, 5.41) is 25.6. The van der Waals surface area contributed by atoms with E-state index in [0.717, 1.165) is 0 Å². The first-order valence-electron chi connectivity index (χ1n) is 7.09. The highest BCUT2D eigenvalue weighted by Crippen LogP contribution is 2.30. The first kappa shape index (κ1) is 15.8. The molecule has 0 aliphatic rings. The molecule has 0 saturated heterocycles. The van der Waals surface area contributed by atoms with Gasteiger partial charge in [-0.1, -0.05) is 5.16 Å². The monoisotopic (exact) mass is 330 g/mol. The molecule has 124 valence electrons. The molecule has 0 fully saturated rings. The van der Waals surface area contributed by atoms with Crippen LogP contribution in [0.5, 0.6) is 5.75 Å². The Morgan fingerprint density at radius 1 is 1.42 bits per heavy atom. The zero-order chi connectivity index (χ0) is 17.3. The van der Waals surface area contributed by atoms with Crippen molar-refractivity contribution in [1.82, 2.24) is 10.5 Å². The third-order valence-corrected chi connectivity index (χ3v) is 3.61. The van der Waals surface area contributed by atoms with Gasteiger partial charge in [0.2, 0.25) is 5.43 Å². The van der Waals surface area contributed by atoms with Gasteiger partial charge in [0.25, 0.3) is 0 Å². The van der Waals surface area contributed by atoms with Crippen LogP contribution in [0.4, 0.5) is 0 Å². The van der Waals surface area contributed by atoms with Gasteiger partial charge in [0, 0.05) is 12.6 Å². The van der Waals surface area contributed by atoms with Crippen molar-refractivity contribution >= 4 is 16.9 Å². The highest BCUT2D eigenvalue weighted by atomic mass is 16.5. The summed E-state index contributed by atoms with van der Waals surface area (Å²) in [6, 6.07) is 3.07. The second-order valence-electron chi connectivity index (χ2n) is 5.26. The van der Waals surface area contributed by atoms with Gasteiger partial charge in [-0.05, 0) is 18.6 Å². The molecule has 1 aromatic carbocycles. The lowest BCUT2D eigenvalue weighted by atomic mass is 10.0. The number of aromatic nitrogens is 1. The Labute approximate surface area is 135 Å². The van der Waals surface area contributed by atoms with E-state index in [0.29, 0.717) is 16.8 Å². The van der Waals surface area contributed by atoms with Crippen LogP contribution in [0.1, 0.15) is 11.1 Å². The maximum absolute atomic E-state index is 12.7. The number of phenols is 1. The van der Waals surface area contributed by atoms with Crippen LogP contribution >= 0.6 is 0 Å². The molecule has 0 atom stereocenters. The number of rotatable bonds is 5. The molecule has 0 aliphatic heterocycles. The van der Waals surface area contributed by atoms with E-state index in [-0.39, 0.29) is 40.8 Å². The van der Waals surface area contributed by atoms with E-state index < -0.39 is 5.97 Å². The second-order valence-corrected chi connectivity index (χ2v) is 5.26. The van der Waals surface area contributed by atoms with Crippen LogP contribution in [0, 0.1) is 6.92 Å². The number of benzene rings is 1. The number of carboxylic acid groups (broad SMARTS) is 1. The van der Waals surface area contributed by atoms with Gasteiger partial charge in [-0.3, -0.25) is 9.59 Å². The fourth-order valence-corrected chi connectivity index (χ4v) is 2.46. The number of hydrogen-bond acceptors (Lipinski definition) is 7. The Hall–Kier alpha value is -3.13. The maximum Gasteiger partial charge on any atom is 0.317 e. The van der Waals surface area contributed by atoms with Crippen LogP contribution in [0.2, 0.25) is 0 Å². The van der Waals surface area contributed by atoms with Gasteiger partial charge in [0.1, 0.15) is 29.6 Å². The van der Waals surface area contributed by atoms with E-state index in [4.69, 9.17) is 14.0 Å². The molecule has 0 aliphatic carbocycles. The van der Waals surface area contributed by atoms with Crippen molar-refractivity contribution < 1.29 is 23.9 Å². The summed E-state index contributed by atoms with van der Waals surface area (Å²) in [5.41, 5.74) is 1.29. The molecule has 0 bridgehead atoms. The summed E-state index contributed by atoms with van der Waals surface area (Å²) in [6.45, 7) is 1.41. The van der Waals surface area contributed by atoms with E-state index in [1.165, 1.54) is 18.6 Å². The minimum Gasteiger partial charge on any atom is -0.507 e. The normalized spacial score (nSPS) is 11.0. The van der Waals surface area contributed by atoms with Crippen LogP contribution in [0.3, 0.4) is 0 Å². The van der Waals surface area contributed by atoms with Gasteiger partial charge >= 0.3 is 5.97 Å². The van der Waals surface area contributed by atoms with Crippen molar-refractivity contribution in [2.24, 2.45) is 0 Å². The first-order chi connectivity index (χ1) is 11.5. The molecule has 2 heterocycles. The van der Waals surface area contributed by atoms with Crippen molar-refractivity contribution in [2.45, 2.75) is 13.5 Å². The van der Waals surface area contributed by atoms with E-state index in [1.807, 2.05) is 0 Å². The molecular formula is C16H14N2O6. The smallest absolute Gasteiger partial charge is 0.317 e. The number of hydrogen-bond donors (Lipinski definition) is 3. The van der Waals surface area contributed by atoms with Crippen LogP contribution in [-0.2, 0) is 11.3 Å². The van der Waals surface area contributed by atoms with Gasteiger partial charge in [-0.25, -0.2) is 0 Å². The molecule has 0 spiro atoms. The summed E-state index contributed by atoms with van der Waals surface area (Å²) < 4.78 is 10.3. The lowest BCUT2D eigenvalue weighted by Gasteiger charge is -2.11. The fourth-order valence-electron chi connectivity index (χ4n) is 2.46. The first-order valence-corrected chi connectivity index (χ1v) is 7.09. The van der Waals surface area contributed by atoms with E-state index >= 15 is 0 Å². The predicted molar refractivity (Wildman–Crippen MR) is 83.7 cm³/mol. The van der Waals surface area contributed by atoms with Crippen LogP contribution < -0.4 is 10.7 Å². The molecule has 2 aromatic heterocycles. The zero-order valence-electron chi connectivity index (χ0n) is 12.7. The Bertz CT molecular complexity index is 959. The van der Waals surface area contributed by atoms with E-state index in [2.05, 4.69) is 10.5 Å². The molecule has 8 nitrogen and oxygen atoms in total. The topological polar surface area (TPSA) is 126 Å². The number of carboxylic acids is 1. The quantitative estimate of drug-likeness (QED) is 0.644. The van der Waals surface area contributed by atoms with Crippen molar-refractivity contribution in [3.05, 3.63) is 46.0 Å². The molecule has 0 saturated carbocycles. The Morgan fingerprint density at radius 3 is 2.88 bits per heavy atom. The number of aliphatic carboxylic acids is 1. The van der Waals surface area contributed by atoms with Crippen molar-refractivity contribution in [2.75, 3.05) is 6.54 Å². The summed E-state index contributed by atoms with van der Waals surface area (Å²) in [6.07, 6.45) is 2.60. The van der Waals surface area contributed by atoms with Gasteiger partial charge in [0.05, 0.1) is 23.1 Å². The second kappa shape index (κ2) is 6.17. The lowest BCUT2D eigenvalue weighted by molar-refractivity contribution is -0.136. The Balaban J connectivity index is 2.15. The predicted octanol–water partition coefficient (Wildman–Crippen LogP) is 1.64. The Kier molecular flexibility index (Phi) is 4.05. The average Bonchev–Trinajstić information content (AvgIpc) is 3.06. The molecule has 3 aromatic rings. The van der Waals surface area contributed by atoms with Gasteiger partial charge in [-0.2, -0.15) is 0 Å². The van der Waals surface area contributed by atoms with Crippen LogP contribution in [-0.4, -0.2) is 27.9 Å². The maximum atomic E-state index is 12.7. The number of fused-ring (bicyclic) bond motifs is 1.